The molecule has 0 unspecified atom stereocenters. The van der Waals surface area contributed by atoms with E-state index in [9.17, 15) is 9.59 Å². The summed E-state index contributed by atoms with van der Waals surface area (Å²) in [6, 6.07) is 0. The minimum Gasteiger partial charge on any atom is -0.396 e. The van der Waals surface area contributed by atoms with Crippen LogP contribution >= 0.6 is 0 Å². The van der Waals surface area contributed by atoms with Crippen molar-refractivity contribution in [2.75, 3.05) is 12.3 Å². The fourth-order valence-electron chi connectivity index (χ4n) is 1.15. The van der Waals surface area contributed by atoms with E-state index in [0.717, 1.165) is 0 Å². The van der Waals surface area contributed by atoms with Gasteiger partial charge in [-0.15, -0.1) is 0 Å². The first-order chi connectivity index (χ1) is 6.85. The molecule has 0 radical (unpaired) electrons. The summed E-state index contributed by atoms with van der Waals surface area (Å²) >= 11 is 0. The molecule has 4 N–H and O–H groups in total. The van der Waals surface area contributed by atoms with Crippen LogP contribution in [-0.2, 0) is 6.54 Å². The van der Waals surface area contributed by atoms with Crippen LogP contribution in [0.4, 0.5) is 5.69 Å². The van der Waals surface area contributed by atoms with Crippen LogP contribution in [0.1, 0.15) is 13.8 Å². The second-order valence-corrected chi connectivity index (χ2v) is 4.29. The number of H-pyrrole nitrogens is 1. The van der Waals surface area contributed by atoms with Gasteiger partial charge >= 0.3 is 5.69 Å². The second-order valence-electron chi connectivity index (χ2n) is 4.29. The lowest BCUT2D eigenvalue weighted by atomic mass is 9.95. The van der Waals surface area contributed by atoms with Crippen molar-refractivity contribution in [1.29, 1.82) is 0 Å². The Labute approximate surface area is 86.4 Å². The van der Waals surface area contributed by atoms with Crippen LogP contribution in [-0.4, -0.2) is 21.3 Å². The summed E-state index contributed by atoms with van der Waals surface area (Å²) in [5.41, 5.74) is 3.83. The van der Waals surface area contributed by atoms with Gasteiger partial charge < -0.3 is 10.8 Å². The van der Waals surface area contributed by atoms with Gasteiger partial charge in [-0.2, -0.15) is 0 Å². The van der Waals surface area contributed by atoms with Crippen molar-refractivity contribution in [3.8, 4) is 0 Å². The molecular formula is C9H15N3O3. The molecule has 15 heavy (non-hydrogen) atoms. The number of aromatic amines is 1. The number of nitrogen functional groups attached to an aromatic ring is 1. The van der Waals surface area contributed by atoms with Gasteiger partial charge in [0.1, 0.15) is 5.69 Å². The summed E-state index contributed by atoms with van der Waals surface area (Å²) in [5.74, 6) is 0. The van der Waals surface area contributed by atoms with Gasteiger partial charge in [0, 0.05) is 24.8 Å². The highest BCUT2D eigenvalue weighted by molar-refractivity contribution is 5.30. The van der Waals surface area contributed by atoms with E-state index in [1.165, 1.54) is 10.8 Å². The molecule has 1 aromatic rings. The zero-order chi connectivity index (χ0) is 11.6. The van der Waals surface area contributed by atoms with Gasteiger partial charge in [0.05, 0.1) is 0 Å². The molecular weight excluding hydrogens is 198 g/mol. The van der Waals surface area contributed by atoms with Crippen LogP contribution in [0, 0.1) is 5.41 Å². The zero-order valence-corrected chi connectivity index (χ0v) is 8.78. The van der Waals surface area contributed by atoms with Crippen LogP contribution < -0.4 is 17.0 Å². The summed E-state index contributed by atoms with van der Waals surface area (Å²) in [7, 11) is 0. The third-order valence-corrected chi connectivity index (χ3v) is 2.06. The highest BCUT2D eigenvalue weighted by Gasteiger charge is 2.18. The Kier molecular flexibility index (Phi) is 2.99. The van der Waals surface area contributed by atoms with Crippen molar-refractivity contribution in [2.24, 2.45) is 5.41 Å². The monoisotopic (exact) mass is 213 g/mol. The van der Waals surface area contributed by atoms with Crippen molar-refractivity contribution in [1.82, 2.24) is 9.55 Å². The number of aromatic nitrogens is 2. The molecule has 0 saturated heterocycles. The largest absolute Gasteiger partial charge is 0.396 e. The van der Waals surface area contributed by atoms with E-state index in [1.54, 1.807) is 13.8 Å². The van der Waals surface area contributed by atoms with E-state index in [4.69, 9.17) is 10.8 Å². The van der Waals surface area contributed by atoms with E-state index in [1.807, 2.05) is 0 Å². The Balaban J connectivity index is 3.12. The Morgan fingerprint density at radius 2 is 2.13 bits per heavy atom. The number of hydrogen-bond donors (Lipinski definition) is 3. The Hall–Kier alpha value is -1.56. The van der Waals surface area contributed by atoms with Crippen LogP contribution in [0.2, 0.25) is 0 Å². The third kappa shape index (κ3) is 2.69. The van der Waals surface area contributed by atoms with Gasteiger partial charge in [0.2, 0.25) is 0 Å². The molecule has 0 spiro atoms. The summed E-state index contributed by atoms with van der Waals surface area (Å²) < 4.78 is 1.28. The molecule has 0 bridgehead atoms. The zero-order valence-electron chi connectivity index (χ0n) is 8.78. The van der Waals surface area contributed by atoms with E-state index >= 15 is 0 Å². The number of nitrogens with zero attached hydrogens (tertiary/aromatic N) is 1. The van der Waals surface area contributed by atoms with Crippen molar-refractivity contribution < 1.29 is 5.11 Å². The van der Waals surface area contributed by atoms with Crippen LogP contribution in [0.15, 0.2) is 15.8 Å². The van der Waals surface area contributed by atoms with Gasteiger partial charge in [0.15, 0.2) is 0 Å². The fourth-order valence-corrected chi connectivity index (χ4v) is 1.15. The van der Waals surface area contributed by atoms with Gasteiger partial charge in [-0.05, 0) is 0 Å². The molecule has 0 amide bonds. The van der Waals surface area contributed by atoms with Crippen molar-refractivity contribution in [3.05, 3.63) is 27.0 Å². The van der Waals surface area contributed by atoms with Gasteiger partial charge in [0.25, 0.3) is 5.56 Å². The molecule has 6 heteroatoms. The summed E-state index contributed by atoms with van der Waals surface area (Å²) in [6.07, 6.45) is 1.29. The number of rotatable bonds is 3. The van der Waals surface area contributed by atoms with Gasteiger partial charge in [-0.3, -0.25) is 14.3 Å². The number of hydrogen-bond acceptors (Lipinski definition) is 4. The maximum atomic E-state index is 11.4. The Morgan fingerprint density at radius 1 is 1.53 bits per heavy atom. The van der Waals surface area contributed by atoms with Gasteiger partial charge in [-0.1, -0.05) is 13.8 Å². The molecule has 0 aliphatic heterocycles. The van der Waals surface area contributed by atoms with E-state index in [-0.39, 0.29) is 12.3 Å². The first kappa shape index (κ1) is 11.5. The number of nitrogens with two attached hydrogens (primary N) is 1. The quantitative estimate of drug-likeness (QED) is 0.608. The summed E-state index contributed by atoms with van der Waals surface area (Å²) in [4.78, 5) is 24.4. The van der Waals surface area contributed by atoms with Crippen LogP contribution in [0.25, 0.3) is 0 Å². The maximum absolute atomic E-state index is 11.4. The lowest BCUT2D eigenvalue weighted by Crippen LogP contribution is -2.35. The van der Waals surface area contributed by atoms with E-state index in [0.29, 0.717) is 6.54 Å². The normalized spacial score (nSPS) is 11.7. The molecule has 1 aromatic heterocycles. The summed E-state index contributed by atoms with van der Waals surface area (Å²) in [5, 5.41) is 9.05. The first-order valence-corrected chi connectivity index (χ1v) is 4.56. The molecule has 0 aliphatic rings. The topological polar surface area (TPSA) is 101 Å². The highest BCUT2D eigenvalue weighted by atomic mass is 16.3. The molecule has 1 rings (SSSR count). The Bertz CT molecular complexity index is 458. The SMILES string of the molecule is CC(C)(CO)Cn1cc(N)c(=O)[nH]c1=O. The third-order valence-electron chi connectivity index (χ3n) is 2.06. The fraction of sp³-hybridized carbons (Fsp3) is 0.556. The molecule has 0 fully saturated rings. The predicted octanol–water partition coefficient (Wildman–Crippen LogP) is -0.863. The van der Waals surface area contributed by atoms with Crippen molar-refractivity contribution >= 4 is 5.69 Å². The standard InChI is InChI=1S/C9H15N3O3/c1-9(2,5-13)4-12-3-6(10)7(14)11-8(12)15/h3,13H,4-5,10H2,1-2H3,(H,11,14,15). The molecule has 0 saturated carbocycles. The Morgan fingerprint density at radius 3 is 2.67 bits per heavy atom. The first-order valence-electron chi connectivity index (χ1n) is 4.56. The minimum absolute atomic E-state index is 0.0108. The second kappa shape index (κ2) is 3.90. The molecule has 0 aromatic carbocycles. The van der Waals surface area contributed by atoms with E-state index < -0.39 is 16.7 Å². The number of anilines is 1. The lowest BCUT2D eigenvalue weighted by Gasteiger charge is -2.22. The van der Waals surface area contributed by atoms with Crippen molar-refractivity contribution in [3.63, 3.8) is 0 Å². The number of aliphatic hydroxyl groups is 1. The molecule has 0 atom stereocenters. The average molecular weight is 213 g/mol. The van der Waals surface area contributed by atoms with Gasteiger partial charge in [-0.25, -0.2) is 4.79 Å². The highest BCUT2D eigenvalue weighted by Crippen LogP contribution is 2.15. The minimum atomic E-state index is -0.585. The van der Waals surface area contributed by atoms with Crippen LogP contribution in [0.3, 0.4) is 0 Å². The summed E-state index contributed by atoms with van der Waals surface area (Å²) in [6.45, 7) is 3.85. The van der Waals surface area contributed by atoms with Crippen LogP contribution in [0.5, 0.6) is 0 Å². The number of aliphatic hydroxyl groups excluding tert-OH is 1. The van der Waals surface area contributed by atoms with Crippen molar-refractivity contribution in [2.45, 2.75) is 20.4 Å². The molecule has 0 aliphatic carbocycles. The number of nitrogens with one attached hydrogen (secondary N) is 1. The molecule has 1 heterocycles. The smallest absolute Gasteiger partial charge is 0.328 e. The average Bonchev–Trinajstić information content (AvgIpc) is 2.14. The van der Waals surface area contributed by atoms with E-state index in [2.05, 4.69) is 4.98 Å². The maximum Gasteiger partial charge on any atom is 0.328 e. The molecule has 84 valence electrons. The molecule has 6 nitrogen and oxygen atoms in total. The lowest BCUT2D eigenvalue weighted by molar-refractivity contribution is 0.139. The predicted molar refractivity (Wildman–Crippen MR) is 56.6 cm³/mol.